The van der Waals surface area contributed by atoms with Crippen molar-refractivity contribution in [2.45, 2.75) is 42.3 Å². The second-order valence-electron chi connectivity index (χ2n) is 6.66. The van der Waals surface area contributed by atoms with E-state index in [1.54, 1.807) is 17.0 Å². The lowest BCUT2D eigenvalue weighted by Crippen LogP contribution is -2.56. The van der Waals surface area contributed by atoms with E-state index < -0.39 is 21.5 Å². The maximum absolute atomic E-state index is 12.6. The molecule has 7 heteroatoms. The molecule has 0 aromatic heterocycles. The maximum atomic E-state index is 12.6. The first-order valence-corrected chi connectivity index (χ1v) is 10.1. The molecule has 3 rings (SSSR count). The minimum atomic E-state index is -3.26. The molecule has 1 aromatic carbocycles. The summed E-state index contributed by atoms with van der Waals surface area (Å²) in [5.74, 6) is -0.116. The van der Waals surface area contributed by atoms with Gasteiger partial charge in [0.2, 0.25) is 0 Å². The van der Waals surface area contributed by atoms with Crippen LogP contribution in [0.2, 0.25) is 0 Å². The van der Waals surface area contributed by atoms with E-state index in [0.717, 1.165) is 19.1 Å². The number of hydrogen-bond acceptors (Lipinski definition) is 5. The number of sulfone groups is 1. The number of amides is 1. The number of aliphatic hydroxyl groups is 1. The molecule has 2 fully saturated rings. The van der Waals surface area contributed by atoms with Crippen LogP contribution in [0.25, 0.3) is 0 Å². The van der Waals surface area contributed by atoms with Crippen LogP contribution < -0.4 is 0 Å². The molecule has 24 heavy (non-hydrogen) atoms. The van der Waals surface area contributed by atoms with E-state index in [9.17, 15) is 18.3 Å². The Hall–Kier alpha value is -1.44. The lowest BCUT2D eigenvalue weighted by Gasteiger charge is -2.46. The zero-order valence-corrected chi connectivity index (χ0v) is 14.6. The summed E-state index contributed by atoms with van der Waals surface area (Å²) in [7, 11) is -3.26. The third-order valence-corrected chi connectivity index (χ3v) is 6.17. The fraction of sp³-hybridized carbons (Fsp3) is 0.588. The van der Waals surface area contributed by atoms with Gasteiger partial charge in [-0.05, 0) is 49.9 Å². The second-order valence-corrected chi connectivity index (χ2v) is 8.68. The van der Waals surface area contributed by atoms with Gasteiger partial charge in [-0.3, -0.25) is 4.79 Å². The Morgan fingerprint density at radius 3 is 2.42 bits per heavy atom. The summed E-state index contributed by atoms with van der Waals surface area (Å²) >= 11 is 0. The predicted octanol–water partition coefficient (Wildman–Crippen LogP) is 1.24. The SMILES string of the molecule is CS(=O)(=O)c1ccc(C(=O)N2CCC3(CC2)OCCCC3O)cc1. The van der Waals surface area contributed by atoms with Crippen LogP contribution in [0.5, 0.6) is 0 Å². The average molecular weight is 353 g/mol. The molecule has 2 aliphatic rings. The van der Waals surface area contributed by atoms with Gasteiger partial charge in [0, 0.05) is 31.5 Å². The standard InChI is InChI=1S/C17H23NO5S/c1-24(21,22)14-6-4-13(5-7-14)16(20)18-10-8-17(9-11-18)15(19)3-2-12-23-17/h4-7,15,19H,2-3,8-12H2,1H3. The normalized spacial score (nSPS) is 24.1. The molecule has 1 aromatic rings. The molecule has 0 bridgehead atoms. The van der Waals surface area contributed by atoms with Crippen molar-refractivity contribution in [3.05, 3.63) is 29.8 Å². The van der Waals surface area contributed by atoms with Crippen molar-refractivity contribution in [2.75, 3.05) is 26.0 Å². The Balaban J connectivity index is 1.67. The van der Waals surface area contributed by atoms with Crippen molar-refractivity contribution >= 4 is 15.7 Å². The summed E-state index contributed by atoms with van der Waals surface area (Å²) in [6.45, 7) is 1.73. The Morgan fingerprint density at radius 2 is 1.88 bits per heavy atom. The number of rotatable bonds is 2. The van der Waals surface area contributed by atoms with E-state index in [0.29, 0.717) is 38.1 Å². The molecular formula is C17H23NO5S. The Kier molecular flexibility index (Phi) is 4.68. The fourth-order valence-electron chi connectivity index (χ4n) is 3.50. The number of aliphatic hydroxyl groups excluding tert-OH is 1. The quantitative estimate of drug-likeness (QED) is 0.865. The zero-order valence-electron chi connectivity index (χ0n) is 13.8. The van der Waals surface area contributed by atoms with Crippen molar-refractivity contribution in [3.63, 3.8) is 0 Å². The van der Waals surface area contributed by atoms with Gasteiger partial charge < -0.3 is 14.7 Å². The highest BCUT2D eigenvalue weighted by Gasteiger charge is 2.44. The van der Waals surface area contributed by atoms with Gasteiger partial charge in [-0.25, -0.2) is 8.42 Å². The van der Waals surface area contributed by atoms with Gasteiger partial charge in [0.05, 0.1) is 16.6 Å². The van der Waals surface area contributed by atoms with Gasteiger partial charge in [-0.15, -0.1) is 0 Å². The molecule has 6 nitrogen and oxygen atoms in total. The third kappa shape index (κ3) is 3.34. The minimum Gasteiger partial charge on any atom is -0.390 e. The topological polar surface area (TPSA) is 83.9 Å². The molecule has 0 radical (unpaired) electrons. The first kappa shape index (κ1) is 17.4. The van der Waals surface area contributed by atoms with E-state index >= 15 is 0 Å². The molecule has 2 heterocycles. The molecule has 2 aliphatic heterocycles. The number of likely N-dealkylation sites (tertiary alicyclic amines) is 1. The summed E-state index contributed by atoms with van der Waals surface area (Å²) in [5, 5.41) is 10.2. The van der Waals surface area contributed by atoms with Gasteiger partial charge in [0.25, 0.3) is 5.91 Å². The summed E-state index contributed by atoms with van der Waals surface area (Å²) in [5.41, 5.74) is -0.0294. The molecular weight excluding hydrogens is 330 g/mol. The van der Waals surface area contributed by atoms with Crippen molar-refractivity contribution in [1.82, 2.24) is 4.90 Å². The summed E-state index contributed by atoms with van der Waals surface area (Å²) in [6.07, 6.45) is 3.56. The molecule has 1 N–H and O–H groups in total. The summed E-state index contributed by atoms with van der Waals surface area (Å²) in [6, 6.07) is 6.02. The van der Waals surface area contributed by atoms with Crippen LogP contribution in [-0.4, -0.2) is 62.0 Å². The van der Waals surface area contributed by atoms with Crippen LogP contribution in [0.4, 0.5) is 0 Å². The minimum absolute atomic E-state index is 0.116. The van der Waals surface area contributed by atoms with Gasteiger partial charge in [-0.2, -0.15) is 0 Å². The fourth-order valence-corrected chi connectivity index (χ4v) is 4.13. The smallest absolute Gasteiger partial charge is 0.253 e. The Labute approximate surface area is 142 Å². The van der Waals surface area contributed by atoms with E-state index in [1.165, 1.54) is 12.1 Å². The molecule has 0 saturated carbocycles. The van der Waals surface area contributed by atoms with Crippen molar-refractivity contribution in [3.8, 4) is 0 Å². The van der Waals surface area contributed by atoms with E-state index in [1.807, 2.05) is 0 Å². The second kappa shape index (κ2) is 6.46. The Morgan fingerprint density at radius 1 is 1.25 bits per heavy atom. The van der Waals surface area contributed by atoms with Gasteiger partial charge in [-0.1, -0.05) is 0 Å². The average Bonchev–Trinajstić information content (AvgIpc) is 2.57. The highest BCUT2D eigenvalue weighted by atomic mass is 32.2. The van der Waals surface area contributed by atoms with E-state index in [-0.39, 0.29) is 10.8 Å². The van der Waals surface area contributed by atoms with Crippen LogP contribution in [0.1, 0.15) is 36.0 Å². The number of hydrogen-bond donors (Lipinski definition) is 1. The highest BCUT2D eigenvalue weighted by molar-refractivity contribution is 7.90. The molecule has 0 aliphatic carbocycles. The van der Waals surface area contributed by atoms with Crippen LogP contribution in [-0.2, 0) is 14.6 Å². The van der Waals surface area contributed by atoms with Gasteiger partial charge in [0.1, 0.15) is 0 Å². The maximum Gasteiger partial charge on any atom is 0.253 e. The number of carbonyl (C=O) groups is 1. The molecule has 1 unspecified atom stereocenters. The van der Waals surface area contributed by atoms with Crippen LogP contribution in [0.15, 0.2) is 29.2 Å². The lowest BCUT2D eigenvalue weighted by molar-refractivity contribution is -0.174. The van der Waals surface area contributed by atoms with Crippen LogP contribution in [0.3, 0.4) is 0 Å². The molecule has 1 amide bonds. The number of piperidine rings is 1. The largest absolute Gasteiger partial charge is 0.390 e. The zero-order chi connectivity index (χ0) is 17.4. The van der Waals surface area contributed by atoms with E-state index in [4.69, 9.17) is 4.74 Å². The first-order chi connectivity index (χ1) is 11.3. The molecule has 132 valence electrons. The number of benzene rings is 1. The van der Waals surface area contributed by atoms with Gasteiger partial charge in [0.15, 0.2) is 9.84 Å². The first-order valence-electron chi connectivity index (χ1n) is 8.23. The summed E-state index contributed by atoms with van der Waals surface area (Å²) in [4.78, 5) is 14.5. The molecule has 1 spiro atoms. The summed E-state index contributed by atoms with van der Waals surface area (Å²) < 4.78 is 28.8. The van der Waals surface area contributed by atoms with Crippen molar-refractivity contribution < 1.29 is 23.1 Å². The molecule has 2 saturated heterocycles. The monoisotopic (exact) mass is 353 g/mol. The van der Waals surface area contributed by atoms with Gasteiger partial charge >= 0.3 is 0 Å². The van der Waals surface area contributed by atoms with Crippen LogP contribution >= 0.6 is 0 Å². The number of ether oxygens (including phenoxy) is 1. The van der Waals surface area contributed by atoms with Crippen LogP contribution in [0, 0.1) is 0 Å². The molecule has 1 atom stereocenters. The van der Waals surface area contributed by atoms with Crippen molar-refractivity contribution in [1.29, 1.82) is 0 Å². The third-order valence-electron chi connectivity index (χ3n) is 5.05. The number of carbonyl (C=O) groups excluding carboxylic acids is 1. The van der Waals surface area contributed by atoms with Crippen molar-refractivity contribution in [2.24, 2.45) is 0 Å². The predicted molar refractivity (Wildman–Crippen MR) is 88.6 cm³/mol. The van der Waals surface area contributed by atoms with E-state index in [2.05, 4.69) is 0 Å². The number of nitrogens with zero attached hydrogens (tertiary/aromatic N) is 1. The highest BCUT2D eigenvalue weighted by Crippen LogP contribution is 2.35. The Bertz CT molecular complexity index is 705. The lowest BCUT2D eigenvalue weighted by atomic mass is 9.82.